The fourth-order valence-corrected chi connectivity index (χ4v) is 1.05. The van der Waals surface area contributed by atoms with Crippen LogP contribution >= 0.6 is 0 Å². The zero-order chi connectivity index (χ0) is 7.19. The molecule has 10 heavy (non-hydrogen) atoms. The molecule has 2 rings (SSSR count). The SMILES string of the molecule is CC1(C)Oc2c[nH]cc2O1. The molecule has 0 fully saturated rings. The number of rotatable bonds is 0. The molecule has 0 saturated carbocycles. The van der Waals surface area contributed by atoms with Crippen LogP contribution in [0.25, 0.3) is 0 Å². The number of aromatic nitrogens is 1. The first-order valence-corrected chi connectivity index (χ1v) is 3.22. The van der Waals surface area contributed by atoms with Crippen molar-refractivity contribution in [2.24, 2.45) is 0 Å². The van der Waals surface area contributed by atoms with Crippen molar-refractivity contribution in [2.45, 2.75) is 19.6 Å². The van der Waals surface area contributed by atoms with Crippen LogP contribution in [0.5, 0.6) is 11.5 Å². The van der Waals surface area contributed by atoms with Gasteiger partial charge in [-0.05, 0) is 0 Å². The fourth-order valence-electron chi connectivity index (χ4n) is 1.05. The average molecular weight is 139 g/mol. The molecular weight excluding hydrogens is 130 g/mol. The maximum atomic E-state index is 5.38. The third-order valence-electron chi connectivity index (χ3n) is 1.38. The van der Waals surface area contributed by atoms with Gasteiger partial charge in [-0.25, -0.2) is 0 Å². The Labute approximate surface area is 59.0 Å². The number of hydrogen-bond donors (Lipinski definition) is 1. The van der Waals surface area contributed by atoms with E-state index in [9.17, 15) is 0 Å². The second-order valence-corrected chi connectivity index (χ2v) is 2.79. The Morgan fingerprint density at radius 3 is 2.20 bits per heavy atom. The Balaban J connectivity index is 2.37. The molecule has 0 bridgehead atoms. The molecular formula is C7H9NO2. The van der Waals surface area contributed by atoms with Crippen LogP contribution in [-0.4, -0.2) is 10.8 Å². The highest BCUT2D eigenvalue weighted by Crippen LogP contribution is 2.38. The summed E-state index contributed by atoms with van der Waals surface area (Å²) in [6.45, 7) is 3.76. The summed E-state index contributed by atoms with van der Waals surface area (Å²) in [6.07, 6.45) is 3.56. The molecule has 2 heterocycles. The van der Waals surface area contributed by atoms with Gasteiger partial charge in [0.25, 0.3) is 0 Å². The van der Waals surface area contributed by atoms with Gasteiger partial charge in [0.1, 0.15) is 0 Å². The van der Waals surface area contributed by atoms with Gasteiger partial charge < -0.3 is 14.5 Å². The molecule has 0 amide bonds. The fraction of sp³-hybridized carbons (Fsp3) is 0.429. The molecule has 1 aliphatic rings. The molecule has 1 N–H and O–H groups in total. The lowest BCUT2D eigenvalue weighted by Gasteiger charge is -2.16. The third kappa shape index (κ3) is 0.667. The van der Waals surface area contributed by atoms with Gasteiger partial charge in [-0.3, -0.25) is 0 Å². The Morgan fingerprint density at radius 2 is 1.70 bits per heavy atom. The minimum absolute atomic E-state index is 0.486. The van der Waals surface area contributed by atoms with Crippen molar-refractivity contribution in [3.05, 3.63) is 12.4 Å². The van der Waals surface area contributed by atoms with Crippen LogP contribution in [0.2, 0.25) is 0 Å². The minimum atomic E-state index is -0.486. The van der Waals surface area contributed by atoms with E-state index in [1.807, 2.05) is 13.8 Å². The number of fused-ring (bicyclic) bond motifs is 1. The van der Waals surface area contributed by atoms with Crippen molar-refractivity contribution >= 4 is 0 Å². The first-order chi connectivity index (χ1) is 4.67. The molecule has 0 saturated heterocycles. The highest BCUT2D eigenvalue weighted by molar-refractivity contribution is 5.40. The molecule has 0 radical (unpaired) electrons. The second kappa shape index (κ2) is 1.48. The standard InChI is InChI=1S/C7H9NO2/c1-7(2)9-5-3-8-4-6(5)10-7/h3-4,8H,1-2H3. The van der Waals surface area contributed by atoms with Gasteiger partial charge in [0, 0.05) is 26.2 Å². The quantitative estimate of drug-likeness (QED) is 0.591. The second-order valence-electron chi connectivity index (χ2n) is 2.79. The highest BCUT2D eigenvalue weighted by Gasteiger charge is 2.31. The summed E-state index contributed by atoms with van der Waals surface area (Å²) in [7, 11) is 0. The van der Waals surface area contributed by atoms with Gasteiger partial charge in [0.15, 0.2) is 11.5 Å². The summed E-state index contributed by atoms with van der Waals surface area (Å²) < 4.78 is 10.8. The van der Waals surface area contributed by atoms with E-state index in [1.165, 1.54) is 0 Å². The van der Waals surface area contributed by atoms with Gasteiger partial charge in [-0.15, -0.1) is 0 Å². The van der Waals surface area contributed by atoms with Crippen LogP contribution in [0.15, 0.2) is 12.4 Å². The van der Waals surface area contributed by atoms with Crippen molar-refractivity contribution in [3.63, 3.8) is 0 Å². The average Bonchev–Trinajstić information content (AvgIpc) is 2.20. The Morgan fingerprint density at radius 1 is 1.20 bits per heavy atom. The minimum Gasteiger partial charge on any atom is -0.447 e. The zero-order valence-electron chi connectivity index (χ0n) is 5.97. The molecule has 3 nitrogen and oxygen atoms in total. The third-order valence-corrected chi connectivity index (χ3v) is 1.38. The van der Waals surface area contributed by atoms with Crippen molar-refractivity contribution in [1.82, 2.24) is 4.98 Å². The van der Waals surface area contributed by atoms with Gasteiger partial charge in [-0.2, -0.15) is 0 Å². The van der Waals surface area contributed by atoms with Gasteiger partial charge in [0.2, 0.25) is 5.79 Å². The van der Waals surface area contributed by atoms with E-state index in [-0.39, 0.29) is 0 Å². The van der Waals surface area contributed by atoms with Crippen LogP contribution in [0, 0.1) is 0 Å². The predicted molar refractivity (Wildman–Crippen MR) is 36.1 cm³/mol. The van der Waals surface area contributed by atoms with Gasteiger partial charge in [0.05, 0.1) is 0 Å². The first-order valence-electron chi connectivity index (χ1n) is 3.22. The number of aromatic amines is 1. The largest absolute Gasteiger partial charge is 0.447 e. The van der Waals surface area contributed by atoms with E-state index in [2.05, 4.69) is 4.98 Å². The highest BCUT2D eigenvalue weighted by atomic mass is 16.7. The summed E-state index contributed by atoms with van der Waals surface area (Å²) in [6, 6.07) is 0. The summed E-state index contributed by atoms with van der Waals surface area (Å²) in [5, 5.41) is 0. The topological polar surface area (TPSA) is 34.2 Å². The van der Waals surface area contributed by atoms with E-state index in [1.54, 1.807) is 12.4 Å². The van der Waals surface area contributed by atoms with E-state index in [0.717, 1.165) is 11.5 Å². The summed E-state index contributed by atoms with van der Waals surface area (Å²) >= 11 is 0. The lowest BCUT2D eigenvalue weighted by molar-refractivity contribution is -0.0440. The van der Waals surface area contributed by atoms with Crippen LogP contribution in [0.3, 0.4) is 0 Å². The van der Waals surface area contributed by atoms with Crippen molar-refractivity contribution in [1.29, 1.82) is 0 Å². The zero-order valence-corrected chi connectivity index (χ0v) is 5.97. The molecule has 0 aromatic carbocycles. The van der Waals surface area contributed by atoms with Crippen molar-refractivity contribution < 1.29 is 9.47 Å². The van der Waals surface area contributed by atoms with Crippen molar-refractivity contribution in [2.75, 3.05) is 0 Å². The van der Waals surface area contributed by atoms with Crippen LogP contribution in [0.4, 0.5) is 0 Å². The Bertz CT molecular complexity index is 229. The van der Waals surface area contributed by atoms with E-state index in [4.69, 9.17) is 9.47 Å². The molecule has 1 aliphatic heterocycles. The molecule has 54 valence electrons. The normalized spacial score (nSPS) is 19.4. The molecule has 3 heteroatoms. The molecule has 1 aromatic heterocycles. The predicted octanol–water partition coefficient (Wildman–Crippen LogP) is 1.52. The molecule has 1 aromatic rings. The van der Waals surface area contributed by atoms with Crippen LogP contribution in [0.1, 0.15) is 13.8 Å². The number of nitrogens with one attached hydrogen (secondary N) is 1. The summed E-state index contributed by atoms with van der Waals surface area (Å²) in [5.74, 6) is 1.11. The van der Waals surface area contributed by atoms with Crippen LogP contribution in [-0.2, 0) is 0 Å². The van der Waals surface area contributed by atoms with E-state index >= 15 is 0 Å². The Hall–Kier alpha value is -1.12. The van der Waals surface area contributed by atoms with E-state index in [0.29, 0.717) is 0 Å². The van der Waals surface area contributed by atoms with Gasteiger partial charge in [-0.1, -0.05) is 0 Å². The maximum Gasteiger partial charge on any atom is 0.246 e. The molecule has 0 aliphatic carbocycles. The van der Waals surface area contributed by atoms with Crippen LogP contribution < -0.4 is 9.47 Å². The molecule has 0 spiro atoms. The number of H-pyrrole nitrogens is 1. The Kier molecular flexibility index (Phi) is 0.836. The maximum absolute atomic E-state index is 5.38. The number of ether oxygens (including phenoxy) is 2. The van der Waals surface area contributed by atoms with Crippen molar-refractivity contribution in [3.8, 4) is 11.5 Å². The lowest BCUT2D eigenvalue weighted by atomic mass is 10.4. The smallest absolute Gasteiger partial charge is 0.246 e. The van der Waals surface area contributed by atoms with E-state index < -0.39 is 5.79 Å². The molecule has 0 unspecified atom stereocenters. The summed E-state index contributed by atoms with van der Waals surface area (Å²) in [4.78, 5) is 2.89. The first kappa shape index (κ1) is 5.65. The summed E-state index contributed by atoms with van der Waals surface area (Å²) in [5.41, 5.74) is 0. The molecule has 0 atom stereocenters. The lowest BCUT2D eigenvalue weighted by Crippen LogP contribution is -2.30. The number of hydrogen-bond acceptors (Lipinski definition) is 2. The van der Waals surface area contributed by atoms with Gasteiger partial charge >= 0.3 is 0 Å². The monoisotopic (exact) mass is 139 g/mol.